The van der Waals surface area contributed by atoms with Crippen molar-refractivity contribution in [2.24, 2.45) is 23.2 Å². The summed E-state index contributed by atoms with van der Waals surface area (Å²) >= 11 is 0. The molecule has 7 nitrogen and oxygen atoms in total. The Hall–Kier alpha value is -2.83. The van der Waals surface area contributed by atoms with Crippen molar-refractivity contribution in [3.05, 3.63) is 30.2 Å². The Kier molecular flexibility index (Phi) is 4.38. The molecule has 2 saturated carbocycles. The summed E-state index contributed by atoms with van der Waals surface area (Å²) in [4.78, 5) is 9.94. The second-order valence-electron chi connectivity index (χ2n) is 9.29. The normalized spacial score (nSPS) is 26.8. The average Bonchev–Trinajstić information content (AvgIpc) is 3.06. The standard InChI is InChI=1S/C23H29N5O2/c1-12-6-8-14-19(23(14,2)3)18(12)21-26-15-11-24-28-20(15)22(27-21)25-13-7-9-16(29-4)17(10-13)30-5/h7,9-12,14,18-19H,6,8H2,1-5H3,(H,24,28)(H,25,26,27). The van der Waals surface area contributed by atoms with Gasteiger partial charge in [0.15, 0.2) is 17.3 Å². The van der Waals surface area contributed by atoms with E-state index in [0.717, 1.165) is 34.3 Å². The summed E-state index contributed by atoms with van der Waals surface area (Å²) in [7, 11) is 3.27. The number of aromatic nitrogens is 4. The number of hydrogen-bond acceptors (Lipinski definition) is 6. The minimum Gasteiger partial charge on any atom is -0.493 e. The van der Waals surface area contributed by atoms with Gasteiger partial charge in [-0.05, 0) is 48.1 Å². The quantitative estimate of drug-likeness (QED) is 0.626. The summed E-state index contributed by atoms with van der Waals surface area (Å²) in [6, 6.07) is 5.74. The molecule has 4 unspecified atom stereocenters. The first-order valence-corrected chi connectivity index (χ1v) is 10.6. The number of hydrogen-bond donors (Lipinski definition) is 2. The second kappa shape index (κ2) is 6.86. The molecule has 2 N–H and O–H groups in total. The van der Waals surface area contributed by atoms with Gasteiger partial charge in [-0.1, -0.05) is 20.8 Å². The van der Waals surface area contributed by atoms with E-state index in [1.165, 1.54) is 12.8 Å². The third-order valence-corrected chi connectivity index (χ3v) is 7.33. The number of nitrogens with zero attached hydrogens (tertiary/aromatic N) is 3. The van der Waals surface area contributed by atoms with Gasteiger partial charge in [-0.2, -0.15) is 5.10 Å². The van der Waals surface area contributed by atoms with Gasteiger partial charge in [0, 0.05) is 17.7 Å². The van der Waals surface area contributed by atoms with Crippen molar-refractivity contribution < 1.29 is 9.47 Å². The monoisotopic (exact) mass is 407 g/mol. The van der Waals surface area contributed by atoms with Crippen molar-refractivity contribution >= 4 is 22.5 Å². The van der Waals surface area contributed by atoms with E-state index in [4.69, 9.17) is 19.4 Å². The Morgan fingerprint density at radius 2 is 1.90 bits per heavy atom. The Labute approximate surface area is 176 Å². The maximum Gasteiger partial charge on any atom is 0.162 e. The molecule has 2 aliphatic rings. The minimum absolute atomic E-state index is 0.376. The number of methoxy groups -OCH3 is 2. The van der Waals surface area contributed by atoms with Crippen LogP contribution in [-0.2, 0) is 0 Å². The first-order chi connectivity index (χ1) is 14.4. The Morgan fingerprint density at radius 1 is 1.10 bits per heavy atom. The number of anilines is 2. The van der Waals surface area contributed by atoms with E-state index in [1.54, 1.807) is 20.4 Å². The molecule has 4 atom stereocenters. The van der Waals surface area contributed by atoms with Gasteiger partial charge in [-0.25, -0.2) is 9.97 Å². The highest BCUT2D eigenvalue weighted by Crippen LogP contribution is 2.70. The summed E-state index contributed by atoms with van der Waals surface area (Å²) in [5, 5.41) is 10.7. The van der Waals surface area contributed by atoms with Gasteiger partial charge < -0.3 is 14.8 Å². The third-order valence-electron chi connectivity index (χ3n) is 7.33. The van der Waals surface area contributed by atoms with E-state index in [1.807, 2.05) is 18.2 Å². The van der Waals surface area contributed by atoms with Crippen LogP contribution in [0.3, 0.4) is 0 Å². The molecule has 2 aliphatic carbocycles. The summed E-state index contributed by atoms with van der Waals surface area (Å²) in [5.41, 5.74) is 2.90. The lowest BCUT2D eigenvalue weighted by molar-refractivity contribution is 0.300. The first kappa shape index (κ1) is 19.2. The molecule has 2 heterocycles. The van der Waals surface area contributed by atoms with Crippen LogP contribution in [0.5, 0.6) is 11.5 Å². The van der Waals surface area contributed by atoms with Gasteiger partial charge in [0.05, 0.1) is 20.4 Å². The zero-order chi connectivity index (χ0) is 21.0. The van der Waals surface area contributed by atoms with Gasteiger partial charge in [0.25, 0.3) is 0 Å². The highest BCUT2D eigenvalue weighted by molar-refractivity contribution is 5.87. The molecule has 2 fully saturated rings. The van der Waals surface area contributed by atoms with Gasteiger partial charge in [-0.3, -0.25) is 5.10 Å². The topological polar surface area (TPSA) is 85.0 Å². The van der Waals surface area contributed by atoms with Crippen LogP contribution < -0.4 is 14.8 Å². The van der Waals surface area contributed by atoms with Crippen LogP contribution >= 0.6 is 0 Å². The first-order valence-electron chi connectivity index (χ1n) is 10.6. The molecule has 5 rings (SSSR count). The van der Waals surface area contributed by atoms with Crippen LogP contribution in [0.15, 0.2) is 24.4 Å². The minimum atomic E-state index is 0.376. The van der Waals surface area contributed by atoms with Crippen molar-refractivity contribution in [1.82, 2.24) is 20.2 Å². The van der Waals surface area contributed by atoms with Crippen LogP contribution in [0, 0.1) is 23.2 Å². The van der Waals surface area contributed by atoms with Crippen LogP contribution in [0.25, 0.3) is 11.0 Å². The van der Waals surface area contributed by atoms with Gasteiger partial charge in [0.1, 0.15) is 16.9 Å². The van der Waals surface area contributed by atoms with Gasteiger partial charge in [-0.15, -0.1) is 0 Å². The molecule has 158 valence electrons. The zero-order valence-corrected chi connectivity index (χ0v) is 18.2. The van der Waals surface area contributed by atoms with Crippen LogP contribution in [0.2, 0.25) is 0 Å². The van der Waals surface area contributed by atoms with Crippen molar-refractivity contribution in [3.8, 4) is 11.5 Å². The largest absolute Gasteiger partial charge is 0.493 e. The maximum atomic E-state index is 5.44. The third kappa shape index (κ3) is 2.90. The highest BCUT2D eigenvalue weighted by Gasteiger charge is 2.63. The van der Waals surface area contributed by atoms with Crippen LogP contribution in [0.4, 0.5) is 11.5 Å². The molecule has 1 aromatic carbocycles. The number of aromatic amines is 1. The number of benzene rings is 1. The molecular weight excluding hydrogens is 378 g/mol. The summed E-state index contributed by atoms with van der Waals surface area (Å²) < 4.78 is 10.8. The van der Waals surface area contributed by atoms with E-state index < -0.39 is 0 Å². The fourth-order valence-corrected chi connectivity index (χ4v) is 5.59. The van der Waals surface area contributed by atoms with Crippen molar-refractivity contribution in [2.45, 2.75) is 39.5 Å². The maximum absolute atomic E-state index is 5.44. The van der Waals surface area contributed by atoms with E-state index in [2.05, 4.69) is 36.3 Å². The molecule has 0 radical (unpaired) electrons. The molecule has 0 aliphatic heterocycles. The van der Waals surface area contributed by atoms with Crippen LogP contribution in [0.1, 0.15) is 45.4 Å². The highest BCUT2D eigenvalue weighted by atomic mass is 16.5. The molecule has 30 heavy (non-hydrogen) atoms. The number of H-pyrrole nitrogens is 1. The Morgan fingerprint density at radius 3 is 2.67 bits per heavy atom. The predicted octanol–water partition coefficient (Wildman–Crippen LogP) is 4.90. The second-order valence-corrected chi connectivity index (χ2v) is 9.29. The van der Waals surface area contributed by atoms with E-state index in [0.29, 0.717) is 34.7 Å². The molecule has 3 aromatic rings. The SMILES string of the molecule is COc1ccc(Nc2nc(C3C(C)CCC4C3C4(C)C)nc3cn[nH]c23)cc1OC. The molecular formula is C23H29N5O2. The van der Waals surface area contributed by atoms with Gasteiger partial charge >= 0.3 is 0 Å². The van der Waals surface area contributed by atoms with E-state index in [-0.39, 0.29) is 0 Å². The molecule has 0 amide bonds. The fourth-order valence-electron chi connectivity index (χ4n) is 5.59. The Bertz CT molecular complexity index is 1090. The lowest BCUT2D eigenvalue weighted by Gasteiger charge is -2.27. The molecule has 0 saturated heterocycles. The zero-order valence-electron chi connectivity index (χ0n) is 18.2. The van der Waals surface area contributed by atoms with Crippen molar-refractivity contribution in [1.29, 1.82) is 0 Å². The number of rotatable bonds is 5. The molecule has 2 aromatic heterocycles. The van der Waals surface area contributed by atoms with E-state index in [9.17, 15) is 0 Å². The fraction of sp³-hybridized carbons (Fsp3) is 0.522. The smallest absolute Gasteiger partial charge is 0.162 e. The van der Waals surface area contributed by atoms with Crippen LogP contribution in [-0.4, -0.2) is 34.4 Å². The number of fused-ring (bicyclic) bond motifs is 2. The number of ether oxygens (including phenoxy) is 2. The Balaban J connectivity index is 1.54. The number of nitrogens with one attached hydrogen (secondary N) is 2. The predicted molar refractivity (Wildman–Crippen MR) is 116 cm³/mol. The molecule has 0 bridgehead atoms. The summed E-state index contributed by atoms with van der Waals surface area (Å²) in [5.74, 6) is 5.42. The summed E-state index contributed by atoms with van der Waals surface area (Å²) in [6.45, 7) is 7.14. The molecule has 7 heteroatoms. The molecule has 0 spiro atoms. The van der Waals surface area contributed by atoms with Gasteiger partial charge in [0.2, 0.25) is 0 Å². The average molecular weight is 408 g/mol. The lowest BCUT2D eigenvalue weighted by Crippen LogP contribution is -2.21. The lowest BCUT2D eigenvalue weighted by atomic mass is 9.79. The van der Waals surface area contributed by atoms with Crippen molar-refractivity contribution in [3.63, 3.8) is 0 Å². The van der Waals surface area contributed by atoms with E-state index >= 15 is 0 Å². The van der Waals surface area contributed by atoms with Crippen molar-refractivity contribution in [2.75, 3.05) is 19.5 Å². The summed E-state index contributed by atoms with van der Waals surface area (Å²) in [6.07, 6.45) is 4.34.